The van der Waals surface area contributed by atoms with Gasteiger partial charge in [-0.05, 0) is 50.1 Å². The van der Waals surface area contributed by atoms with Gasteiger partial charge in [-0.2, -0.15) is 0 Å². The molecule has 2 aromatic heterocycles. The summed E-state index contributed by atoms with van der Waals surface area (Å²) < 4.78 is 5.49. The second kappa shape index (κ2) is 6.99. The molecule has 0 aromatic carbocycles. The van der Waals surface area contributed by atoms with E-state index < -0.39 is 0 Å². The minimum atomic E-state index is -0.0465. The van der Waals surface area contributed by atoms with E-state index in [0.29, 0.717) is 29.7 Å². The van der Waals surface area contributed by atoms with Gasteiger partial charge in [-0.25, -0.2) is 4.98 Å². The number of fused-ring (bicyclic) bond motifs is 1. The van der Waals surface area contributed by atoms with Crippen molar-refractivity contribution in [2.45, 2.75) is 70.3 Å². The van der Waals surface area contributed by atoms with Gasteiger partial charge in [0.25, 0.3) is 11.6 Å². The Morgan fingerprint density at radius 2 is 2.08 bits per heavy atom. The lowest BCUT2D eigenvalue weighted by Crippen LogP contribution is -2.44. The monoisotopic (exact) mass is 356 g/mol. The molecule has 0 aliphatic heterocycles. The maximum Gasteiger partial charge on any atom is 0.259 e. The first-order valence-electron chi connectivity index (χ1n) is 9.89. The summed E-state index contributed by atoms with van der Waals surface area (Å²) >= 11 is 0. The molecule has 0 saturated heterocycles. The predicted molar refractivity (Wildman–Crippen MR) is 100 cm³/mol. The van der Waals surface area contributed by atoms with Gasteiger partial charge < -0.3 is 15.6 Å². The summed E-state index contributed by atoms with van der Waals surface area (Å²) in [4.78, 5) is 17.8. The number of aromatic nitrogens is 2. The number of amides is 1. The van der Waals surface area contributed by atoms with Crippen LogP contribution in [0, 0.1) is 5.92 Å². The molecule has 2 heterocycles. The van der Waals surface area contributed by atoms with E-state index in [9.17, 15) is 4.79 Å². The topological polar surface area (TPSA) is 94.0 Å². The van der Waals surface area contributed by atoms with E-state index in [-0.39, 0.29) is 17.9 Å². The van der Waals surface area contributed by atoms with Crippen molar-refractivity contribution in [3.63, 3.8) is 0 Å². The normalized spacial score (nSPS) is 23.5. The standard InChI is InChI=1S/C20H28N4O2/c1-11(2)18-17-14(9-16(12-7-8-12)23-20(17)26-24-18)19(25)22-15-6-4-3-5-13(15)10-21/h9,11-13,15H,3-8,10,21H2,1-2H3,(H,22,25). The third kappa shape index (κ3) is 3.22. The number of nitrogens with two attached hydrogens (primary N) is 1. The first-order valence-corrected chi connectivity index (χ1v) is 9.89. The molecule has 2 aromatic rings. The zero-order valence-electron chi connectivity index (χ0n) is 15.6. The summed E-state index contributed by atoms with van der Waals surface area (Å²) in [5, 5.41) is 8.22. The van der Waals surface area contributed by atoms with Crippen molar-refractivity contribution in [3.8, 4) is 0 Å². The number of pyridine rings is 1. The van der Waals surface area contributed by atoms with E-state index in [4.69, 9.17) is 10.3 Å². The zero-order valence-corrected chi connectivity index (χ0v) is 15.6. The molecule has 0 spiro atoms. The summed E-state index contributed by atoms with van der Waals surface area (Å²) in [6, 6.07) is 2.11. The maximum atomic E-state index is 13.2. The number of rotatable bonds is 5. The Balaban J connectivity index is 1.71. The van der Waals surface area contributed by atoms with E-state index in [0.717, 1.165) is 48.9 Å². The average molecular weight is 356 g/mol. The number of nitrogens with one attached hydrogen (secondary N) is 1. The van der Waals surface area contributed by atoms with Crippen LogP contribution in [0.3, 0.4) is 0 Å². The van der Waals surface area contributed by atoms with Gasteiger partial charge in [-0.3, -0.25) is 4.79 Å². The zero-order chi connectivity index (χ0) is 18.3. The predicted octanol–water partition coefficient (Wildman–Crippen LogP) is 3.47. The van der Waals surface area contributed by atoms with E-state index in [1.807, 2.05) is 6.07 Å². The minimum absolute atomic E-state index is 0.0465. The molecule has 0 radical (unpaired) electrons. The Morgan fingerprint density at radius 1 is 1.31 bits per heavy atom. The third-order valence-electron chi connectivity index (χ3n) is 5.81. The molecular formula is C20H28N4O2. The van der Waals surface area contributed by atoms with Crippen LogP contribution in [-0.2, 0) is 0 Å². The highest BCUT2D eigenvalue weighted by atomic mass is 16.5. The Bertz CT molecular complexity index is 809. The molecule has 2 atom stereocenters. The van der Waals surface area contributed by atoms with Crippen LogP contribution in [0.25, 0.3) is 11.1 Å². The fraction of sp³-hybridized carbons (Fsp3) is 0.650. The van der Waals surface area contributed by atoms with Gasteiger partial charge in [0.1, 0.15) is 0 Å². The van der Waals surface area contributed by atoms with Gasteiger partial charge in [0.05, 0.1) is 16.6 Å². The highest BCUT2D eigenvalue weighted by Crippen LogP contribution is 2.41. The van der Waals surface area contributed by atoms with Gasteiger partial charge >= 0.3 is 0 Å². The molecule has 2 saturated carbocycles. The fourth-order valence-corrected chi connectivity index (χ4v) is 4.08. The molecule has 1 amide bonds. The summed E-state index contributed by atoms with van der Waals surface area (Å²) in [6.45, 7) is 4.73. The largest absolute Gasteiger partial charge is 0.349 e. The van der Waals surface area contributed by atoms with Gasteiger partial charge in [-0.1, -0.05) is 31.8 Å². The van der Waals surface area contributed by atoms with Crippen LogP contribution in [0.5, 0.6) is 0 Å². The Hall–Kier alpha value is -1.95. The summed E-state index contributed by atoms with van der Waals surface area (Å²) in [6.07, 6.45) is 6.68. The highest BCUT2D eigenvalue weighted by Gasteiger charge is 2.31. The van der Waals surface area contributed by atoms with Crippen molar-refractivity contribution in [2.75, 3.05) is 6.54 Å². The maximum absolute atomic E-state index is 13.2. The first-order chi connectivity index (χ1) is 12.6. The van der Waals surface area contributed by atoms with E-state index in [1.54, 1.807) is 0 Å². The van der Waals surface area contributed by atoms with Crippen molar-refractivity contribution in [2.24, 2.45) is 11.7 Å². The molecule has 6 nitrogen and oxygen atoms in total. The molecule has 6 heteroatoms. The van der Waals surface area contributed by atoms with Crippen molar-refractivity contribution in [3.05, 3.63) is 23.0 Å². The molecule has 2 aliphatic carbocycles. The van der Waals surface area contributed by atoms with E-state index >= 15 is 0 Å². The van der Waals surface area contributed by atoms with Gasteiger partial charge in [-0.15, -0.1) is 0 Å². The molecule has 3 N–H and O–H groups in total. The van der Waals surface area contributed by atoms with E-state index in [2.05, 4.69) is 29.3 Å². The molecule has 2 unspecified atom stereocenters. The molecule has 2 fully saturated rings. The Labute approximate surface area is 153 Å². The molecule has 4 rings (SSSR count). The van der Waals surface area contributed by atoms with Crippen LogP contribution >= 0.6 is 0 Å². The third-order valence-corrected chi connectivity index (χ3v) is 5.81. The van der Waals surface area contributed by atoms with Crippen LogP contribution in [0.1, 0.15) is 86.0 Å². The van der Waals surface area contributed by atoms with Crippen LogP contribution in [0.4, 0.5) is 0 Å². The molecule has 26 heavy (non-hydrogen) atoms. The van der Waals surface area contributed by atoms with Gasteiger partial charge in [0.2, 0.25) is 0 Å². The number of carbonyl (C=O) groups excluding carboxylic acids is 1. The van der Waals surface area contributed by atoms with Gasteiger partial charge in [0.15, 0.2) is 0 Å². The lowest BCUT2D eigenvalue weighted by Gasteiger charge is -2.31. The van der Waals surface area contributed by atoms with Crippen molar-refractivity contribution < 1.29 is 9.32 Å². The second-order valence-electron chi connectivity index (χ2n) is 8.13. The molecule has 0 bridgehead atoms. The summed E-state index contributed by atoms with van der Waals surface area (Å²) in [7, 11) is 0. The lowest BCUT2D eigenvalue weighted by atomic mass is 9.84. The van der Waals surface area contributed by atoms with E-state index in [1.165, 1.54) is 6.42 Å². The van der Waals surface area contributed by atoms with Crippen LogP contribution in [0.2, 0.25) is 0 Å². The Morgan fingerprint density at radius 3 is 2.77 bits per heavy atom. The Kier molecular flexibility index (Phi) is 4.69. The number of carbonyl (C=O) groups is 1. The van der Waals surface area contributed by atoms with Crippen molar-refractivity contribution in [1.82, 2.24) is 15.5 Å². The number of hydrogen-bond donors (Lipinski definition) is 2. The van der Waals surface area contributed by atoms with Crippen LogP contribution in [-0.4, -0.2) is 28.6 Å². The highest BCUT2D eigenvalue weighted by molar-refractivity contribution is 6.06. The first kappa shape index (κ1) is 17.5. The lowest BCUT2D eigenvalue weighted by molar-refractivity contribution is 0.0909. The minimum Gasteiger partial charge on any atom is -0.349 e. The molecule has 2 aliphatic rings. The molecular weight excluding hydrogens is 328 g/mol. The van der Waals surface area contributed by atoms with Crippen LogP contribution in [0.15, 0.2) is 10.6 Å². The summed E-state index contributed by atoms with van der Waals surface area (Å²) in [5.74, 6) is 0.933. The smallest absolute Gasteiger partial charge is 0.259 e. The average Bonchev–Trinajstić information content (AvgIpc) is 3.40. The fourth-order valence-electron chi connectivity index (χ4n) is 4.08. The van der Waals surface area contributed by atoms with Crippen molar-refractivity contribution in [1.29, 1.82) is 0 Å². The number of nitrogens with zero attached hydrogens (tertiary/aromatic N) is 2. The quantitative estimate of drug-likeness (QED) is 0.855. The van der Waals surface area contributed by atoms with Crippen molar-refractivity contribution >= 4 is 17.0 Å². The summed E-state index contributed by atoms with van der Waals surface area (Å²) in [5.41, 5.74) is 8.83. The molecule has 140 valence electrons. The SMILES string of the molecule is CC(C)c1noc2nc(C3CC3)cc(C(=O)NC3CCCCC3CN)c12. The second-order valence-corrected chi connectivity index (χ2v) is 8.13. The van der Waals surface area contributed by atoms with Gasteiger partial charge in [0, 0.05) is 17.7 Å². The number of hydrogen-bond acceptors (Lipinski definition) is 5. The van der Waals surface area contributed by atoms with Crippen LogP contribution < -0.4 is 11.1 Å².